The van der Waals surface area contributed by atoms with E-state index in [1.165, 1.54) is 0 Å². The lowest BCUT2D eigenvalue weighted by Gasteiger charge is -2.40. The molecule has 0 aromatic rings. The maximum absolute atomic E-state index is 12.3. The molecule has 0 aliphatic heterocycles. The summed E-state index contributed by atoms with van der Waals surface area (Å²) in [6, 6.07) is 0. The maximum atomic E-state index is 12.3. The van der Waals surface area contributed by atoms with E-state index in [1.54, 1.807) is 27.7 Å². The smallest absolute Gasteiger partial charge is 0.237 e. The Bertz CT molecular complexity index is 342. The number of hydrogen-bond donors (Lipinski definition) is 3. The summed E-state index contributed by atoms with van der Waals surface area (Å²) in [6.45, 7) is 5.95. The third kappa shape index (κ3) is 3.99. The van der Waals surface area contributed by atoms with Crippen molar-refractivity contribution < 1.29 is 14.4 Å². The molecule has 0 heterocycles. The summed E-state index contributed by atoms with van der Waals surface area (Å²) < 4.78 is 0. The Labute approximate surface area is 107 Å². The Hall–Kier alpha value is -1.63. The minimum Gasteiger partial charge on any atom is -0.368 e. The second-order valence-electron chi connectivity index (χ2n) is 5.44. The summed E-state index contributed by atoms with van der Waals surface area (Å²) in [5.41, 5.74) is 14.2. The van der Waals surface area contributed by atoms with E-state index in [9.17, 15) is 14.4 Å². The number of amides is 3. The molecule has 7 nitrogen and oxygen atoms in total. The fourth-order valence-electron chi connectivity index (χ4n) is 1.25. The van der Waals surface area contributed by atoms with Crippen LogP contribution in [-0.4, -0.2) is 41.2 Å². The van der Waals surface area contributed by atoms with Crippen molar-refractivity contribution in [3.05, 3.63) is 0 Å². The zero-order valence-corrected chi connectivity index (χ0v) is 11.3. The summed E-state index contributed by atoms with van der Waals surface area (Å²) in [4.78, 5) is 35.2. The number of carbonyl (C=O) groups is 3. The molecule has 0 aliphatic rings. The highest BCUT2D eigenvalue weighted by molar-refractivity contribution is 5.91. The van der Waals surface area contributed by atoms with Gasteiger partial charge in [-0.25, -0.2) is 0 Å². The van der Waals surface area contributed by atoms with Gasteiger partial charge < -0.3 is 22.1 Å². The molecule has 0 aromatic carbocycles. The third-order valence-corrected chi connectivity index (χ3v) is 3.13. The average Bonchev–Trinajstić information content (AvgIpc) is 2.12. The molecule has 0 atom stereocenters. The molecule has 0 aliphatic carbocycles. The minimum absolute atomic E-state index is 0.360. The molecule has 0 radical (unpaired) electrons. The monoisotopic (exact) mass is 258 g/mol. The number of nitrogens with two attached hydrogens (primary N) is 3. The highest BCUT2D eigenvalue weighted by Gasteiger charge is 2.43. The van der Waals surface area contributed by atoms with Crippen molar-refractivity contribution in [2.24, 2.45) is 22.6 Å². The molecule has 0 spiro atoms. The third-order valence-electron chi connectivity index (χ3n) is 3.13. The highest BCUT2D eigenvalue weighted by atomic mass is 16.2. The normalized spacial score (nSPS) is 12.1. The Morgan fingerprint density at radius 2 is 1.28 bits per heavy atom. The molecule has 0 saturated carbocycles. The van der Waals surface area contributed by atoms with E-state index in [4.69, 9.17) is 17.2 Å². The molecule has 0 fully saturated rings. The van der Waals surface area contributed by atoms with Gasteiger partial charge in [0.05, 0.1) is 18.5 Å². The van der Waals surface area contributed by atoms with E-state index >= 15 is 0 Å². The SMILES string of the molecule is CC(C)(N)C(C)(C)C(=O)N(CC(N)=O)CC(N)=O. The van der Waals surface area contributed by atoms with Crippen molar-refractivity contribution >= 4 is 17.7 Å². The van der Waals surface area contributed by atoms with E-state index in [0.717, 1.165) is 4.90 Å². The standard InChI is InChI=1S/C11H22N4O3/c1-10(2,11(3,4)14)9(18)15(5-7(12)16)6-8(13)17/h5-6,14H2,1-4H3,(H2,12,16)(H2,13,17). The molecule has 0 bridgehead atoms. The number of primary amides is 2. The van der Waals surface area contributed by atoms with Gasteiger partial charge in [-0.1, -0.05) is 0 Å². The van der Waals surface area contributed by atoms with Gasteiger partial charge in [-0.3, -0.25) is 14.4 Å². The first-order chi connectivity index (χ1) is 7.89. The second-order valence-corrected chi connectivity index (χ2v) is 5.44. The number of carbonyl (C=O) groups excluding carboxylic acids is 3. The topological polar surface area (TPSA) is 133 Å². The van der Waals surface area contributed by atoms with Gasteiger partial charge in [-0.2, -0.15) is 0 Å². The van der Waals surface area contributed by atoms with Crippen molar-refractivity contribution in [2.75, 3.05) is 13.1 Å². The average molecular weight is 258 g/mol. The number of hydrogen-bond acceptors (Lipinski definition) is 4. The van der Waals surface area contributed by atoms with Crippen LogP contribution >= 0.6 is 0 Å². The highest BCUT2D eigenvalue weighted by Crippen LogP contribution is 2.30. The quantitative estimate of drug-likeness (QED) is 0.537. The van der Waals surface area contributed by atoms with Crippen molar-refractivity contribution in [3.63, 3.8) is 0 Å². The molecule has 18 heavy (non-hydrogen) atoms. The Kier molecular flexibility index (Phi) is 4.86. The van der Waals surface area contributed by atoms with Gasteiger partial charge >= 0.3 is 0 Å². The minimum atomic E-state index is -0.960. The Morgan fingerprint density at radius 3 is 1.50 bits per heavy atom. The molecule has 6 N–H and O–H groups in total. The van der Waals surface area contributed by atoms with Gasteiger partial charge in [-0.15, -0.1) is 0 Å². The summed E-state index contributed by atoms with van der Waals surface area (Å²) in [5.74, 6) is -1.86. The van der Waals surface area contributed by atoms with Gasteiger partial charge in [0.15, 0.2) is 0 Å². The van der Waals surface area contributed by atoms with Crippen LogP contribution in [0.2, 0.25) is 0 Å². The Morgan fingerprint density at radius 1 is 0.944 bits per heavy atom. The Balaban J connectivity index is 5.18. The van der Waals surface area contributed by atoms with Gasteiger partial charge in [0.1, 0.15) is 0 Å². The fourth-order valence-corrected chi connectivity index (χ4v) is 1.25. The molecule has 0 rings (SSSR count). The predicted octanol–water partition coefficient (Wildman–Crippen LogP) is -1.45. The number of rotatable bonds is 6. The molecule has 104 valence electrons. The van der Waals surface area contributed by atoms with E-state index in [-0.39, 0.29) is 13.1 Å². The first kappa shape index (κ1) is 16.4. The summed E-state index contributed by atoms with van der Waals surface area (Å²) in [6.07, 6.45) is 0. The lowest BCUT2D eigenvalue weighted by atomic mass is 9.74. The summed E-state index contributed by atoms with van der Waals surface area (Å²) in [5, 5.41) is 0. The molecule has 3 amide bonds. The largest absolute Gasteiger partial charge is 0.368 e. The van der Waals surface area contributed by atoms with Crippen LogP contribution < -0.4 is 17.2 Å². The molecule has 0 saturated heterocycles. The van der Waals surface area contributed by atoms with Crippen molar-refractivity contribution in [3.8, 4) is 0 Å². The molecular formula is C11H22N4O3. The van der Waals surface area contributed by atoms with Crippen molar-refractivity contribution in [1.29, 1.82) is 0 Å². The van der Waals surface area contributed by atoms with Crippen LogP contribution in [0.3, 0.4) is 0 Å². The van der Waals surface area contributed by atoms with Crippen LogP contribution in [0.25, 0.3) is 0 Å². The van der Waals surface area contributed by atoms with Crippen LogP contribution in [0.4, 0.5) is 0 Å². The molecule has 7 heteroatoms. The summed E-state index contributed by atoms with van der Waals surface area (Å²) >= 11 is 0. The van der Waals surface area contributed by atoms with Gasteiger partial charge in [0.2, 0.25) is 17.7 Å². The van der Waals surface area contributed by atoms with Gasteiger partial charge in [-0.05, 0) is 27.7 Å². The predicted molar refractivity (Wildman–Crippen MR) is 67.0 cm³/mol. The first-order valence-electron chi connectivity index (χ1n) is 5.54. The molecule has 0 aromatic heterocycles. The maximum Gasteiger partial charge on any atom is 0.237 e. The lowest BCUT2D eigenvalue weighted by molar-refractivity contribution is -0.147. The van der Waals surface area contributed by atoms with Crippen LogP contribution in [0.1, 0.15) is 27.7 Å². The van der Waals surface area contributed by atoms with E-state index in [2.05, 4.69) is 0 Å². The second kappa shape index (κ2) is 5.34. The number of nitrogens with zero attached hydrogens (tertiary/aromatic N) is 1. The van der Waals surface area contributed by atoms with Crippen LogP contribution in [0.15, 0.2) is 0 Å². The summed E-state index contributed by atoms with van der Waals surface area (Å²) in [7, 11) is 0. The zero-order valence-electron chi connectivity index (χ0n) is 11.3. The van der Waals surface area contributed by atoms with Crippen LogP contribution in [0, 0.1) is 5.41 Å². The van der Waals surface area contributed by atoms with Crippen LogP contribution in [-0.2, 0) is 14.4 Å². The molecular weight excluding hydrogens is 236 g/mol. The molecule has 0 unspecified atom stereocenters. The van der Waals surface area contributed by atoms with Gasteiger partial charge in [0, 0.05) is 5.54 Å². The van der Waals surface area contributed by atoms with Crippen molar-refractivity contribution in [2.45, 2.75) is 33.2 Å². The van der Waals surface area contributed by atoms with E-state index in [1.807, 2.05) is 0 Å². The van der Waals surface area contributed by atoms with Crippen LogP contribution in [0.5, 0.6) is 0 Å². The van der Waals surface area contributed by atoms with E-state index < -0.39 is 28.7 Å². The first-order valence-corrected chi connectivity index (χ1v) is 5.54. The van der Waals surface area contributed by atoms with E-state index in [0.29, 0.717) is 0 Å². The lowest BCUT2D eigenvalue weighted by Crippen LogP contribution is -2.58. The van der Waals surface area contributed by atoms with Gasteiger partial charge in [0.25, 0.3) is 0 Å². The fraction of sp³-hybridized carbons (Fsp3) is 0.727. The van der Waals surface area contributed by atoms with Crippen molar-refractivity contribution in [1.82, 2.24) is 4.90 Å². The zero-order chi connectivity index (χ0) is 14.7.